The number of likely N-dealkylation sites (tertiary alicyclic amines) is 1. The third kappa shape index (κ3) is 13.3. The molecule has 0 bridgehead atoms. The van der Waals surface area contributed by atoms with Crippen LogP contribution in [0.3, 0.4) is 0 Å². The second-order valence-corrected chi connectivity index (χ2v) is 20.6. The third-order valence-electron chi connectivity index (χ3n) is 11.9. The summed E-state index contributed by atoms with van der Waals surface area (Å²) in [6.45, 7) is 23.7. The second kappa shape index (κ2) is 23.9. The van der Waals surface area contributed by atoms with Crippen molar-refractivity contribution in [3.63, 3.8) is 0 Å². The molecule has 7 aromatic rings. The smallest absolute Gasteiger partial charge is 0.265 e. The van der Waals surface area contributed by atoms with Gasteiger partial charge in [-0.3, -0.25) is 14.4 Å². The highest BCUT2D eigenvalue weighted by atomic mass is 32.1. The van der Waals surface area contributed by atoms with Gasteiger partial charge in [0.25, 0.3) is 11.8 Å². The van der Waals surface area contributed by atoms with Gasteiger partial charge < -0.3 is 41.1 Å². The molecule has 4 aromatic carbocycles. The first kappa shape index (κ1) is 53.5. The lowest BCUT2D eigenvalue weighted by atomic mass is 10.1. The van der Waals surface area contributed by atoms with Crippen LogP contribution in [0.1, 0.15) is 118 Å². The number of rotatable bonds is 12. The van der Waals surface area contributed by atoms with E-state index in [4.69, 9.17) is 0 Å². The Hall–Kier alpha value is -6.82. The minimum atomic E-state index is -0.0169. The van der Waals surface area contributed by atoms with Crippen molar-refractivity contribution in [3.05, 3.63) is 137 Å². The predicted molar refractivity (Wildman–Crippen MR) is 290 cm³/mol. The van der Waals surface area contributed by atoms with Crippen molar-refractivity contribution in [3.8, 4) is 17.2 Å². The Morgan fingerprint density at radius 3 is 1.28 bits per heavy atom. The van der Waals surface area contributed by atoms with Crippen LogP contribution in [0.25, 0.3) is 0 Å². The first-order valence-corrected chi connectivity index (χ1v) is 26.1. The van der Waals surface area contributed by atoms with Gasteiger partial charge in [-0.15, -0.1) is 0 Å². The molecule has 1 fully saturated rings. The van der Waals surface area contributed by atoms with Crippen molar-refractivity contribution in [1.29, 1.82) is 0 Å². The number of phenolic OH excluding ortho intramolecular Hbond substituents is 3. The largest absolute Gasteiger partial charge is 0.507 e. The molecule has 1 saturated heterocycles. The molecule has 0 spiro atoms. The van der Waals surface area contributed by atoms with Crippen LogP contribution in [-0.2, 0) is 0 Å². The van der Waals surface area contributed by atoms with E-state index >= 15 is 0 Å². The molecule has 1 aliphatic rings. The van der Waals surface area contributed by atoms with Crippen molar-refractivity contribution in [2.45, 2.75) is 95.4 Å². The molecule has 0 atom stereocenters. The quantitative estimate of drug-likeness (QED) is 0.0502. The number of hydrogen-bond acceptors (Lipinski definition) is 15. The molecule has 2 amide bonds. The zero-order chi connectivity index (χ0) is 51.7. The minimum absolute atomic E-state index is 0.0169. The Balaban J connectivity index is 0.000000174. The number of thiazole rings is 3. The average molecular weight is 1020 g/mol. The van der Waals surface area contributed by atoms with Gasteiger partial charge in [-0.1, -0.05) is 64.3 Å². The van der Waals surface area contributed by atoms with Crippen LogP contribution in [0, 0.1) is 62.3 Å². The number of nitrogens with zero attached hydrogens (tertiary/aromatic N) is 5. The summed E-state index contributed by atoms with van der Waals surface area (Å²) in [5.74, 6) is 1.03. The van der Waals surface area contributed by atoms with Crippen molar-refractivity contribution >= 4 is 84.1 Å². The molecule has 4 heterocycles. The normalized spacial score (nSPS) is 12.0. The molecule has 3 aromatic heterocycles. The summed E-state index contributed by atoms with van der Waals surface area (Å²) in [5, 5.41) is 41.3. The minimum Gasteiger partial charge on any atom is -0.507 e. The second-order valence-electron chi connectivity index (χ2n) is 17.6. The third-order valence-corrected chi connectivity index (χ3v) is 15.1. The van der Waals surface area contributed by atoms with E-state index in [0.29, 0.717) is 71.6 Å². The molecule has 0 unspecified atom stereocenters. The summed E-state index contributed by atoms with van der Waals surface area (Å²) in [6.07, 6.45) is 3.37. The van der Waals surface area contributed by atoms with E-state index in [2.05, 4.69) is 30.9 Å². The number of piperidine rings is 1. The first-order chi connectivity index (χ1) is 33.8. The number of amides is 2. The number of benzene rings is 4. The fourth-order valence-electron chi connectivity index (χ4n) is 8.03. The van der Waals surface area contributed by atoms with Crippen molar-refractivity contribution in [2.75, 3.05) is 42.1 Å². The van der Waals surface area contributed by atoms with Gasteiger partial charge in [0.2, 0.25) is 5.78 Å². The summed E-state index contributed by atoms with van der Waals surface area (Å²) in [6, 6.07) is 20.4. The predicted octanol–water partition coefficient (Wildman–Crippen LogP) is 12.9. The standard InChI is InChI=1S/C19H18N2O2S.C18H23N3O2S.C17H23N3O2S/c1-11-9-15(10-12(2)16(11)22)21-19-20-13(3)18(24-19)17(23)14-7-5-4-6-8-14;1-11-9-14(10-12(2)15(11)22)20-18-19-13(3)16(24-18)17(23)21-7-5-4-6-8-21;1-6-20(7-2)16(22)15-12(5)18-17(23-15)19-13-8-10(3)14(21)11(4)9-13/h4-10,22H,1-3H3,(H,20,21);9-10,22H,4-8H2,1-3H3,(H,19,20);8-9,21H,6-7H2,1-5H3,(H,18,19). The zero-order valence-corrected chi connectivity index (χ0v) is 44.8. The Morgan fingerprint density at radius 1 is 0.535 bits per heavy atom. The van der Waals surface area contributed by atoms with E-state index in [9.17, 15) is 29.7 Å². The van der Waals surface area contributed by atoms with Crippen LogP contribution in [0.15, 0.2) is 66.7 Å². The van der Waals surface area contributed by atoms with Gasteiger partial charge in [0.05, 0.1) is 22.0 Å². The molecule has 0 aliphatic carbocycles. The van der Waals surface area contributed by atoms with Crippen molar-refractivity contribution in [2.24, 2.45) is 0 Å². The molecule has 1 aliphatic heterocycles. The highest BCUT2D eigenvalue weighted by Gasteiger charge is 2.24. The van der Waals surface area contributed by atoms with Gasteiger partial charge in [-0.25, -0.2) is 15.0 Å². The van der Waals surface area contributed by atoms with Crippen molar-refractivity contribution in [1.82, 2.24) is 24.8 Å². The van der Waals surface area contributed by atoms with E-state index in [0.717, 1.165) is 87.8 Å². The van der Waals surface area contributed by atoms with Crippen LogP contribution in [0.5, 0.6) is 17.2 Å². The lowest BCUT2D eigenvalue weighted by molar-refractivity contribution is 0.0727. The van der Waals surface area contributed by atoms with Crippen LogP contribution >= 0.6 is 34.0 Å². The van der Waals surface area contributed by atoms with Crippen LogP contribution < -0.4 is 16.0 Å². The maximum Gasteiger partial charge on any atom is 0.265 e. The summed E-state index contributed by atoms with van der Waals surface area (Å²) >= 11 is 4.10. The maximum absolute atomic E-state index is 12.7. The number of aromatic hydroxyl groups is 3. The number of anilines is 6. The van der Waals surface area contributed by atoms with Gasteiger partial charge in [0.1, 0.15) is 27.0 Å². The molecular formula is C54H64N8O6S3. The van der Waals surface area contributed by atoms with Crippen LogP contribution in [0.4, 0.5) is 32.5 Å². The Kier molecular flexibility index (Phi) is 18.0. The highest BCUT2D eigenvalue weighted by Crippen LogP contribution is 2.34. The van der Waals surface area contributed by atoms with Gasteiger partial charge >= 0.3 is 0 Å². The molecule has 374 valence electrons. The lowest BCUT2D eigenvalue weighted by Gasteiger charge is -2.26. The molecular weight excluding hydrogens is 953 g/mol. The molecule has 71 heavy (non-hydrogen) atoms. The van der Waals surface area contributed by atoms with E-state index in [-0.39, 0.29) is 17.6 Å². The molecule has 8 rings (SSSR count). The summed E-state index contributed by atoms with van der Waals surface area (Å²) in [5.41, 5.74) is 10.3. The number of aryl methyl sites for hydroxylation is 9. The number of carbonyl (C=O) groups is 3. The number of aromatic nitrogens is 3. The highest BCUT2D eigenvalue weighted by molar-refractivity contribution is 7.18. The lowest BCUT2D eigenvalue weighted by Crippen LogP contribution is -2.35. The molecule has 17 heteroatoms. The van der Waals surface area contributed by atoms with Gasteiger partial charge in [0.15, 0.2) is 15.4 Å². The van der Waals surface area contributed by atoms with Gasteiger partial charge in [-0.05, 0) is 165 Å². The summed E-state index contributed by atoms with van der Waals surface area (Å²) in [7, 11) is 0. The molecule has 14 nitrogen and oxygen atoms in total. The number of carbonyl (C=O) groups excluding carboxylic acids is 3. The Morgan fingerprint density at radius 2 is 0.887 bits per heavy atom. The molecule has 0 saturated carbocycles. The van der Waals surface area contributed by atoms with E-state index in [1.54, 1.807) is 17.0 Å². The zero-order valence-electron chi connectivity index (χ0n) is 42.3. The topological polar surface area (TPSA) is 193 Å². The monoisotopic (exact) mass is 1020 g/mol. The van der Waals surface area contributed by atoms with E-state index < -0.39 is 0 Å². The van der Waals surface area contributed by atoms with Crippen molar-refractivity contribution < 1.29 is 29.7 Å². The average Bonchev–Trinajstić information content (AvgIpc) is 4.03. The first-order valence-electron chi connectivity index (χ1n) is 23.6. The number of hydrogen-bond donors (Lipinski definition) is 6. The molecule has 0 radical (unpaired) electrons. The van der Waals surface area contributed by atoms with Crippen LogP contribution in [0.2, 0.25) is 0 Å². The number of nitrogens with one attached hydrogen (secondary N) is 3. The maximum atomic E-state index is 12.7. The van der Waals surface area contributed by atoms with Gasteiger partial charge in [0, 0.05) is 48.8 Å². The van der Waals surface area contributed by atoms with E-state index in [1.807, 2.05) is 136 Å². The Bertz CT molecular complexity index is 2960. The number of ketones is 1. The van der Waals surface area contributed by atoms with Gasteiger partial charge in [-0.2, -0.15) is 0 Å². The Labute approximate surface area is 428 Å². The van der Waals surface area contributed by atoms with E-state index in [1.165, 1.54) is 40.4 Å². The van der Waals surface area contributed by atoms with Crippen LogP contribution in [-0.4, -0.2) is 83.8 Å². The fourth-order valence-corrected chi connectivity index (χ4v) is 10.9. The summed E-state index contributed by atoms with van der Waals surface area (Å²) < 4.78 is 0. The fraction of sp³-hybridized carbons (Fsp3) is 0.333. The summed E-state index contributed by atoms with van der Waals surface area (Å²) in [4.78, 5) is 56.9. The number of phenols is 3. The SMILES string of the molecule is CCN(CC)C(=O)c1sc(Nc2cc(C)c(O)c(C)c2)nc1C.Cc1cc(Nc2nc(C)c(C(=O)N3CCCCC3)s2)cc(C)c1O.Cc1cc(Nc2nc(C)c(C(=O)c3ccccc3)s2)cc(C)c1O. The molecule has 6 N–H and O–H groups in total.